The first-order valence-electron chi connectivity index (χ1n) is 10.1. The van der Waals surface area contributed by atoms with Crippen molar-refractivity contribution in [2.24, 2.45) is 0 Å². The summed E-state index contributed by atoms with van der Waals surface area (Å²) in [5, 5.41) is 7.89. The minimum absolute atomic E-state index is 0.683. The summed E-state index contributed by atoms with van der Waals surface area (Å²) < 4.78 is 0. The van der Waals surface area contributed by atoms with Gasteiger partial charge in [0, 0.05) is 56.1 Å². The topological polar surface area (TPSA) is 60.9 Å². The van der Waals surface area contributed by atoms with Crippen molar-refractivity contribution in [3.05, 3.63) is 34.5 Å². The predicted molar refractivity (Wildman–Crippen MR) is 101 cm³/mol. The maximum Gasteiger partial charge on any atom is 0.132 e. The summed E-state index contributed by atoms with van der Waals surface area (Å²) in [7, 11) is 0. The molecule has 26 heavy (non-hydrogen) atoms. The largest absolute Gasteiger partial charge is 0.354 e. The van der Waals surface area contributed by atoms with Crippen LogP contribution in [-0.2, 0) is 19.4 Å². The molecule has 0 bridgehead atoms. The van der Waals surface area contributed by atoms with Gasteiger partial charge in [-0.15, -0.1) is 0 Å². The molecule has 1 aliphatic heterocycles. The van der Waals surface area contributed by atoms with Crippen LogP contribution in [0.1, 0.15) is 60.1 Å². The van der Waals surface area contributed by atoms with E-state index in [1.54, 1.807) is 0 Å². The summed E-state index contributed by atoms with van der Waals surface area (Å²) >= 11 is 0. The van der Waals surface area contributed by atoms with Crippen LogP contribution in [-0.4, -0.2) is 51.2 Å². The third kappa shape index (κ3) is 3.22. The fraction of sp³-hybridized carbons (Fsp3) is 0.650. The summed E-state index contributed by atoms with van der Waals surface area (Å²) in [5.74, 6) is 2.72. The van der Waals surface area contributed by atoms with E-state index in [0.717, 1.165) is 44.4 Å². The van der Waals surface area contributed by atoms with Crippen molar-refractivity contribution in [3.8, 4) is 0 Å². The molecule has 2 aliphatic carbocycles. The van der Waals surface area contributed by atoms with Crippen LogP contribution < -0.4 is 4.90 Å². The van der Waals surface area contributed by atoms with E-state index in [9.17, 15) is 0 Å². The first kappa shape index (κ1) is 16.2. The quantitative estimate of drug-likeness (QED) is 0.916. The van der Waals surface area contributed by atoms with Gasteiger partial charge in [0.15, 0.2) is 0 Å². The second-order valence-electron chi connectivity index (χ2n) is 8.07. The van der Waals surface area contributed by atoms with Gasteiger partial charge in [-0.05, 0) is 51.0 Å². The third-order valence-electron chi connectivity index (χ3n) is 6.05. The number of rotatable bonds is 4. The number of aromatic nitrogens is 4. The lowest BCUT2D eigenvalue weighted by Crippen LogP contribution is -2.46. The lowest BCUT2D eigenvalue weighted by molar-refractivity contribution is 0.245. The minimum Gasteiger partial charge on any atom is -0.354 e. The van der Waals surface area contributed by atoms with Crippen molar-refractivity contribution >= 4 is 5.82 Å². The van der Waals surface area contributed by atoms with Gasteiger partial charge in [0.1, 0.15) is 11.6 Å². The van der Waals surface area contributed by atoms with Gasteiger partial charge in [-0.2, -0.15) is 5.10 Å². The molecule has 6 heteroatoms. The fourth-order valence-electron chi connectivity index (χ4n) is 4.35. The Morgan fingerprint density at radius 2 is 1.88 bits per heavy atom. The lowest BCUT2D eigenvalue weighted by Gasteiger charge is -2.35. The summed E-state index contributed by atoms with van der Waals surface area (Å²) in [6, 6.07) is 2.23. The molecular formula is C20H28N6. The Morgan fingerprint density at radius 3 is 2.69 bits per heavy atom. The van der Waals surface area contributed by atoms with Crippen molar-refractivity contribution in [3.63, 3.8) is 0 Å². The van der Waals surface area contributed by atoms with Crippen LogP contribution in [0.4, 0.5) is 5.82 Å². The molecule has 138 valence electrons. The smallest absolute Gasteiger partial charge is 0.132 e. The molecule has 0 atom stereocenters. The van der Waals surface area contributed by atoms with Crippen LogP contribution >= 0.6 is 0 Å². The highest BCUT2D eigenvalue weighted by Crippen LogP contribution is 2.39. The van der Waals surface area contributed by atoms with Gasteiger partial charge in [0.05, 0.1) is 5.69 Å². The van der Waals surface area contributed by atoms with E-state index in [2.05, 4.69) is 31.0 Å². The average molecular weight is 352 g/mol. The number of nitrogens with one attached hydrogen (secondary N) is 1. The van der Waals surface area contributed by atoms with Crippen LogP contribution in [0.25, 0.3) is 0 Å². The first-order chi connectivity index (χ1) is 12.8. The molecule has 0 aromatic carbocycles. The molecule has 3 aliphatic rings. The van der Waals surface area contributed by atoms with Crippen LogP contribution in [0.5, 0.6) is 0 Å². The van der Waals surface area contributed by atoms with Crippen LogP contribution in [0.15, 0.2) is 6.07 Å². The second-order valence-corrected chi connectivity index (χ2v) is 8.07. The zero-order valence-corrected chi connectivity index (χ0v) is 15.7. The van der Waals surface area contributed by atoms with E-state index in [-0.39, 0.29) is 0 Å². The van der Waals surface area contributed by atoms with Crippen LogP contribution in [0, 0.1) is 6.92 Å². The first-order valence-corrected chi connectivity index (χ1v) is 10.1. The Morgan fingerprint density at radius 1 is 1.08 bits per heavy atom. The van der Waals surface area contributed by atoms with E-state index in [1.807, 2.05) is 6.92 Å². The Hall–Kier alpha value is -1.95. The predicted octanol–water partition coefficient (Wildman–Crippen LogP) is 2.59. The maximum atomic E-state index is 4.71. The number of H-pyrrole nitrogens is 1. The fourth-order valence-corrected chi connectivity index (χ4v) is 4.35. The van der Waals surface area contributed by atoms with Gasteiger partial charge < -0.3 is 4.90 Å². The average Bonchev–Trinajstić information content (AvgIpc) is 3.44. The number of anilines is 1. The minimum atomic E-state index is 0.683. The molecule has 2 aromatic heterocycles. The highest BCUT2D eigenvalue weighted by atomic mass is 15.3. The molecular weight excluding hydrogens is 324 g/mol. The molecule has 1 saturated carbocycles. The monoisotopic (exact) mass is 352 g/mol. The number of aryl methyl sites for hydroxylation is 2. The van der Waals surface area contributed by atoms with Crippen LogP contribution in [0.2, 0.25) is 0 Å². The number of hydrogen-bond acceptors (Lipinski definition) is 5. The molecule has 0 spiro atoms. The normalized spacial score (nSPS) is 21.0. The molecule has 0 unspecified atom stereocenters. The van der Waals surface area contributed by atoms with E-state index in [4.69, 9.17) is 4.98 Å². The Balaban J connectivity index is 1.23. The van der Waals surface area contributed by atoms with Crippen molar-refractivity contribution in [2.75, 3.05) is 31.1 Å². The van der Waals surface area contributed by atoms with Gasteiger partial charge in [-0.1, -0.05) is 0 Å². The molecule has 5 rings (SSSR count). The molecule has 2 aromatic rings. The van der Waals surface area contributed by atoms with Gasteiger partial charge in [-0.3, -0.25) is 10.00 Å². The summed E-state index contributed by atoms with van der Waals surface area (Å²) in [4.78, 5) is 14.3. The van der Waals surface area contributed by atoms with Crippen molar-refractivity contribution < 1.29 is 0 Å². The van der Waals surface area contributed by atoms with E-state index < -0.39 is 0 Å². The summed E-state index contributed by atoms with van der Waals surface area (Å²) in [6.07, 6.45) is 7.56. The number of piperazine rings is 1. The molecule has 0 radical (unpaired) electrons. The van der Waals surface area contributed by atoms with Gasteiger partial charge in [0.25, 0.3) is 0 Å². The van der Waals surface area contributed by atoms with Crippen molar-refractivity contribution in [1.29, 1.82) is 0 Å². The highest BCUT2D eigenvalue weighted by molar-refractivity contribution is 5.42. The number of aromatic amines is 1. The molecule has 1 N–H and O–H groups in total. The lowest BCUT2D eigenvalue weighted by atomic mass is 9.96. The Labute approximate surface area is 155 Å². The molecule has 1 saturated heterocycles. The molecule has 3 heterocycles. The zero-order valence-electron chi connectivity index (χ0n) is 15.7. The molecule has 6 nitrogen and oxygen atoms in total. The highest BCUT2D eigenvalue weighted by Gasteiger charge is 2.27. The van der Waals surface area contributed by atoms with Crippen molar-refractivity contribution in [1.82, 2.24) is 25.1 Å². The SMILES string of the molecule is Cc1nc(C2CC2)cc(N2CCN(Cc3n[nH]c4c3CCCC4)CC2)n1. The maximum absolute atomic E-state index is 4.71. The van der Waals surface area contributed by atoms with E-state index in [1.165, 1.54) is 61.2 Å². The van der Waals surface area contributed by atoms with Crippen LogP contribution in [0.3, 0.4) is 0 Å². The standard InChI is InChI=1S/C20H28N6/c1-14-21-18(15-6-7-15)12-20(22-14)26-10-8-25(9-11-26)13-19-16-4-2-3-5-17(16)23-24-19/h12,15H,2-11,13H2,1H3,(H,23,24). The number of nitrogens with zero attached hydrogens (tertiary/aromatic N) is 5. The number of hydrogen-bond donors (Lipinski definition) is 1. The zero-order chi connectivity index (χ0) is 17.5. The Bertz CT molecular complexity index is 786. The number of fused-ring (bicyclic) bond motifs is 1. The van der Waals surface area contributed by atoms with Gasteiger partial charge in [-0.25, -0.2) is 9.97 Å². The van der Waals surface area contributed by atoms with Crippen molar-refractivity contribution in [2.45, 2.75) is 57.9 Å². The van der Waals surface area contributed by atoms with Gasteiger partial charge >= 0.3 is 0 Å². The van der Waals surface area contributed by atoms with E-state index in [0.29, 0.717) is 5.92 Å². The summed E-state index contributed by atoms with van der Waals surface area (Å²) in [5.41, 5.74) is 5.41. The second kappa shape index (κ2) is 6.65. The summed E-state index contributed by atoms with van der Waals surface area (Å²) in [6.45, 7) is 7.22. The van der Waals surface area contributed by atoms with E-state index >= 15 is 0 Å². The van der Waals surface area contributed by atoms with Gasteiger partial charge in [0.2, 0.25) is 0 Å². The Kier molecular flexibility index (Phi) is 4.15. The molecule has 2 fully saturated rings. The third-order valence-corrected chi connectivity index (χ3v) is 6.05. The molecule has 0 amide bonds.